The van der Waals surface area contributed by atoms with Crippen molar-refractivity contribution in [3.63, 3.8) is 0 Å². The van der Waals surface area contributed by atoms with Gasteiger partial charge in [0.2, 0.25) is 0 Å². The zero-order chi connectivity index (χ0) is 21.4. The van der Waals surface area contributed by atoms with Gasteiger partial charge in [0.05, 0.1) is 11.5 Å². The average Bonchev–Trinajstić information content (AvgIpc) is 2.69. The van der Waals surface area contributed by atoms with E-state index in [-0.39, 0.29) is 24.7 Å². The van der Waals surface area contributed by atoms with Gasteiger partial charge >= 0.3 is 11.9 Å². The summed E-state index contributed by atoms with van der Waals surface area (Å²) in [6.07, 6.45) is 3.49. The third-order valence-electron chi connectivity index (χ3n) is 3.01. The van der Waals surface area contributed by atoms with Crippen molar-refractivity contribution in [3.05, 3.63) is 55.1 Å². The molecule has 1 rings (SSSR count). The predicted octanol–water partition coefficient (Wildman–Crippen LogP) is 1.92. The van der Waals surface area contributed by atoms with Crippen LogP contribution in [0.15, 0.2) is 54.5 Å². The summed E-state index contributed by atoms with van der Waals surface area (Å²) < 4.78 is 37.3. The summed E-state index contributed by atoms with van der Waals surface area (Å²) in [5, 5.41) is 8.33. The van der Waals surface area contributed by atoms with Gasteiger partial charge in [0.25, 0.3) is 10.1 Å². The number of unbranched alkanes of at least 4 members (excludes halogenated alkanes) is 1. The molecule has 0 heterocycles. The zero-order valence-corrected chi connectivity index (χ0v) is 16.7. The van der Waals surface area contributed by atoms with Crippen LogP contribution in [0.2, 0.25) is 0 Å². The van der Waals surface area contributed by atoms with E-state index >= 15 is 0 Å². The fourth-order valence-corrected chi connectivity index (χ4v) is 2.46. The van der Waals surface area contributed by atoms with Crippen molar-refractivity contribution in [1.82, 2.24) is 0 Å². The molecule has 0 fully saturated rings. The Morgan fingerprint density at radius 3 is 2.00 bits per heavy atom. The Balaban J connectivity index is 0.000000621. The molecular weight excluding hydrogens is 388 g/mol. The SMILES string of the molecule is C=CC(=O)OCCCCO.C=CC(=O)OCCOS(=O)(=O)c1ccc(C)cc1. The molecule has 0 spiro atoms. The van der Waals surface area contributed by atoms with Gasteiger partial charge in [-0.3, -0.25) is 4.18 Å². The average molecular weight is 414 g/mol. The standard InChI is InChI=1S/C12H14O5S.C7H12O3/c1-3-12(13)16-8-9-17-18(14,15)11-6-4-10(2)5-7-11;1-2-7(9)10-6-4-3-5-8/h3-7H,1,8-9H2,2H3;2,8H,1,3-6H2. The molecule has 0 aliphatic carbocycles. The molecule has 1 N–H and O–H groups in total. The first-order valence-electron chi connectivity index (χ1n) is 8.42. The number of aryl methyl sites for hydroxylation is 1. The minimum atomic E-state index is -3.80. The second-order valence-corrected chi connectivity index (χ2v) is 6.88. The van der Waals surface area contributed by atoms with Crippen LogP contribution < -0.4 is 0 Å². The van der Waals surface area contributed by atoms with E-state index in [1.165, 1.54) is 12.1 Å². The lowest BCUT2D eigenvalue weighted by molar-refractivity contribution is -0.139. The van der Waals surface area contributed by atoms with Crippen LogP contribution in [0.4, 0.5) is 0 Å². The Morgan fingerprint density at radius 2 is 1.50 bits per heavy atom. The number of aliphatic hydroxyl groups excluding tert-OH is 1. The van der Waals surface area contributed by atoms with Gasteiger partial charge in [-0.15, -0.1) is 0 Å². The van der Waals surface area contributed by atoms with Crippen LogP contribution in [-0.4, -0.2) is 51.9 Å². The minimum absolute atomic E-state index is 0.0724. The molecule has 1 aromatic carbocycles. The Bertz CT molecular complexity index is 723. The van der Waals surface area contributed by atoms with Crippen molar-refractivity contribution in [3.8, 4) is 0 Å². The number of hydrogen-bond acceptors (Lipinski definition) is 8. The van der Waals surface area contributed by atoms with Crippen molar-refractivity contribution in [1.29, 1.82) is 0 Å². The number of rotatable bonds is 11. The van der Waals surface area contributed by atoms with Gasteiger partial charge in [0.1, 0.15) is 13.2 Å². The van der Waals surface area contributed by atoms with Gasteiger partial charge in [-0.25, -0.2) is 9.59 Å². The van der Waals surface area contributed by atoms with Gasteiger partial charge in [-0.05, 0) is 31.9 Å². The molecule has 1 aromatic rings. The highest BCUT2D eigenvalue weighted by molar-refractivity contribution is 7.86. The summed E-state index contributed by atoms with van der Waals surface area (Å²) in [6.45, 7) is 8.44. The fourth-order valence-electron chi connectivity index (χ4n) is 1.56. The molecule has 0 saturated carbocycles. The molecule has 0 aliphatic rings. The summed E-state index contributed by atoms with van der Waals surface area (Å²) in [5.74, 6) is -1.02. The second kappa shape index (κ2) is 14.6. The first-order chi connectivity index (χ1) is 13.3. The molecule has 156 valence electrons. The second-order valence-electron chi connectivity index (χ2n) is 5.26. The number of carbonyl (C=O) groups is 2. The van der Waals surface area contributed by atoms with Crippen LogP contribution in [0.25, 0.3) is 0 Å². The number of aliphatic hydroxyl groups is 1. The summed E-state index contributed by atoms with van der Waals surface area (Å²) >= 11 is 0. The van der Waals surface area contributed by atoms with Gasteiger partial charge in [-0.2, -0.15) is 8.42 Å². The van der Waals surface area contributed by atoms with Crippen LogP contribution in [0.1, 0.15) is 18.4 Å². The molecule has 28 heavy (non-hydrogen) atoms. The molecule has 9 heteroatoms. The molecule has 0 amide bonds. The highest BCUT2D eigenvalue weighted by Crippen LogP contribution is 2.12. The van der Waals surface area contributed by atoms with E-state index in [0.717, 1.165) is 17.7 Å². The largest absolute Gasteiger partial charge is 0.463 e. The lowest BCUT2D eigenvalue weighted by atomic mass is 10.2. The van der Waals surface area contributed by atoms with Gasteiger partial charge in [0, 0.05) is 18.8 Å². The minimum Gasteiger partial charge on any atom is -0.463 e. The maximum atomic E-state index is 11.7. The molecular formula is C19H26O8S. The maximum absolute atomic E-state index is 11.7. The summed E-state index contributed by atoms with van der Waals surface area (Å²) in [7, 11) is -3.80. The van der Waals surface area contributed by atoms with Crippen molar-refractivity contribution >= 4 is 22.1 Å². The van der Waals surface area contributed by atoms with Gasteiger partial charge in [0.15, 0.2) is 0 Å². The van der Waals surface area contributed by atoms with E-state index in [0.29, 0.717) is 19.4 Å². The quantitative estimate of drug-likeness (QED) is 0.253. The lowest BCUT2D eigenvalue weighted by Gasteiger charge is -2.06. The molecule has 0 saturated heterocycles. The highest BCUT2D eigenvalue weighted by atomic mass is 32.2. The highest BCUT2D eigenvalue weighted by Gasteiger charge is 2.14. The van der Waals surface area contributed by atoms with E-state index in [4.69, 9.17) is 9.29 Å². The molecule has 0 unspecified atom stereocenters. The summed E-state index contributed by atoms with van der Waals surface area (Å²) in [4.78, 5) is 21.1. The lowest BCUT2D eigenvalue weighted by Crippen LogP contribution is -2.13. The molecule has 0 radical (unpaired) electrons. The van der Waals surface area contributed by atoms with Gasteiger partial charge in [-0.1, -0.05) is 30.9 Å². The van der Waals surface area contributed by atoms with Crippen LogP contribution in [0, 0.1) is 6.92 Å². The predicted molar refractivity (Wildman–Crippen MR) is 103 cm³/mol. The molecule has 0 bridgehead atoms. The smallest absolute Gasteiger partial charge is 0.330 e. The van der Waals surface area contributed by atoms with Crippen LogP contribution in [-0.2, 0) is 33.4 Å². The maximum Gasteiger partial charge on any atom is 0.330 e. The van der Waals surface area contributed by atoms with Crippen LogP contribution >= 0.6 is 0 Å². The van der Waals surface area contributed by atoms with Crippen molar-refractivity contribution in [2.24, 2.45) is 0 Å². The van der Waals surface area contributed by atoms with Crippen LogP contribution in [0.5, 0.6) is 0 Å². The molecule has 0 aromatic heterocycles. The number of hydrogen-bond donors (Lipinski definition) is 1. The zero-order valence-electron chi connectivity index (χ0n) is 15.8. The first-order valence-corrected chi connectivity index (χ1v) is 9.83. The number of carbonyl (C=O) groups excluding carboxylic acids is 2. The Morgan fingerprint density at radius 1 is 0.964 bits per heavy atom. The number of esters is 2. The normalized spacial score (nSPS) is 10.2. The third kappa shape index (κ3) is 12.0. The van der Waals surface area contributed by atoms with Crippen molar-refractivity contribution in [2.75, 3.05) is 26.4 Å². The van der Waals surface area contributed by atoms with E-state index in [2.05, 4.69) is 22.6 Å². The molecule has 0 aliphatic heterocycles. The topological polar surface area (TPSA) is 116 Å². The van der Waals surface area contributed by atoms with E-state index < -0.39 is 22.1 Å². The number of benzene rings is 1. The molecule has 0 atom stereocenters. The first kappa shape index (κ1) is 25.5. The monoisotopic (exact) mass is 414 g/mol. The van der Waals surface area contributed by atoms with Crippen molar-refractivity contribution < 1.29 is 36.8 Å². The Kier molecular flexibility index (Phi) is 13.3. The van der Waals surface area contributed by atoms with Gasteiger partial charge < -0.3 is 14.6 Å². The van der Waals surface area contributed by atoms with Crippen LogP contribution in [0.3, 0.4) is 0 Å². The summed E-state index contributed by atoms with van der Waals surface area (Å²) in [5.41, 5.74) is 0.953. The molecule has 8 nitrogen and oxygen atoms in total. The summed E-state index contributed by atoms with van der Waals surface area (Å²) in [6, 6.07) is 6.27. The third-order valence-corrected chi connectivity index (χ3v) is 4.33. The fraction of sp³-hybridized carbons (Fsp3) is 0.368. The van der Waals surface area contributed by atoms with Crippen molar-refractivity contribution in [2.45, 2.75) is 24.7 Å². The van der Waals surface area contributed by atoms with E-state index in [1.54, 1.807) is 12.1 Å². The Labute approximate surface area is 165 Å². The van der Waals surface area contributed by atoms with E-state index in [9.17, 15) is 18.0 Å². The number of ether oxygens (including phenoxy) is 2. The Hall–Kier alpha value is -2.49. The van der Waals surface area contributed by atoms with E-state index in [1.807, 2.05) is 6.92 Å².